The number of aliphatic carboxylic acids is 1. The van der Waals surface area contributed by atoms with Crippen LogP contribution < -0.4 is 0 Å². The molecule has 1 aromatic rings. The number of likely N-dealkylation sites (tertiary alicyclic amines) is 1. The van der Waals surface area contributed by atoms with E-state index in [1.165, 1.54) is 0 Å². The molecule has 0 spiro atoms. The Kier molecular flexibility index (Phi) is 4.72. The SMILES string of the molecule is CCc1nc(CN2CCCCCC2C(=O)O)cs1. The van der Waals surface area contributed by atoms with E-state index in [1.807, 2.05) is 0 Å². The van der Waals surface area contributed by atoms with Crippen molar-refractivity contribution in [3.63, 3.8) is 0 Å². The molecular weight excluding hydrogens is 248 g/mol. The summed E-state index contributed by atoms with van der Waals surface area (Å²) in [5, 5.41) is 12.5. The van der Waals surface area contributed by atoms with Crippen molar-refractivity contribution in [1.29, 1.82) is 0 Å². The highest BCUT2D eigenvalue weighted by Gasteiger charge is 2.27. The summed E-state index contributed by atoms with van der Waals surface area (Å²) in [7, 11) is 0. The molecule has 1 aliphatic heterocycles. The molecule has 0 aliphatic carbocycles. The zero-order valence-electron chi connectivity index (χ0n) is 10.8. The molecule has 1 aromatic heterocycles. The minimum absolute atomic E-state index is 0.334. The third-order valence-corrected chi connectivity index (χ3v) is 4.46. The highest BCUT2D eigenvalue weighted by molar-refractivity contribution is 7.09. The molecule has 2 rings (SSSR count). The smallest absolute Gasteiger partial charge is 0.320 e. The number of hydrogen-bond donors (Lipinski definition) is 1. The summed E-state index contributed by atoms with van der Waals surface area (Å²) >= 11 is 1.67. The van der Waals surface area contributed by atoms with Crippen LogP contribution in [0.3, 0.4) is 0 Å². The molecule has 18 heavy (non-hydrogen) atoms. The van der Waals surface area contributed by atoms with Gasteiger partial charge in [0.1, 0.15) is 6.04 Å². The van der Waals surface area contributed by atoms with Gasteiger partial charge < -0.3 is 5.11 Å². The van der Waals surface area contributed by atoms with Crippen molar-refractivity contribution in [3.05, 3.63) is 16.1 Å². The van der Waals surface area contributed by atoms with Crippen LogP contribution >= 0.6 is 11.3 Å². The number of aryl methyl sites for hydroxylation is 1. The fourth-order valence-electron chi connectivity index (χ4n) is 2.43. The Labute approximate surface area is 112 Å². The maximum Gasteiger partial charge on any atom is 0.320 e. The number of thiazole rings is 1. The average molecular weight is 268 g/mol. The van der Waals surface area contributed by atoms with E-state index in [9.17, 15) is 9.90 Å². The number of aromatic nitrogens is 1. The van der Waals surface area contributed by atoms with Crippen molar-refractivity contribution in [1.82, 2.24) is 9.88 Å². The third-order valence-electron chi connectivity index (χ3n) is 3.42. The first-order valence-corrected chi connectivity index (χ1v) is 7.48. The van der Waals surface area contributed by atoms with Crippen LogP contribution in [0.1, 0.15) is 43.3 Å². The first-order valence-electron chi connectivity index (χ1n) is 6.61. The largest absolute Gasteiger partial charge is 0.480 e. The lowest BCUT2D eigenvalue weighted by molar-refractivity contribution is -0.143. The molecule has 0 saturated carbocycles. The molecule has 0 amide bonds. The quantitative estimate of drug-likeness (QED) is 0.911. The van der Waals surface area contributed by atoms with Crippen molar-refractivity contribution in [2.75, 3.05) is 6.54 Å². The molecule has 1 atom stereocenters. The van der Waals surface area contributed by atoms with Crippen LogP contribution in [0.5, 0.6) is 0 Å². The van der Waals surface area contributed by atoms with Gasteiger partial charge in [0.25, 0.3) is 0 Å². The summed E-state index contributed by atoms with van der Waals surface area (Å²) in [5.41, 5.74) is 1.02. The van der Waals surface area contributed by atoms with E-state index in [-0.39, 0.29) is 6.04 Å². The van der Waals surface area contributed by atoms with E-state index in [4.69, 9.17) is 0 Å². The van der Waals surface area contributed by atoms with E-state index >= 15 is 0 Å². The number of nitrogens with zero attached hydrogens (tertiary/aromatic N) is 2. The lowest BCUT2D eigenvalue weighted by Crippen LogP contribution is -2.40. The van der Waals surface area contributed by atoms with Crippen LogP contribution in [-0.4, -0.2) is 33.5 Å². The maximum absolute atomic E-state index is 11.3. The maximum atomic E-state index is 11.3. The molecule has 100 valence electrons. The minimum Gasteiger partial charge on any atom is -0.480 e. The molecule has 1 unspecified atom stereocenters. The van der Waals surface area contributed by atoms with Crippen molar-refractivity contribution in [2.24, 2.45) is 0 Å². The average Bonchev–Trinajstić information content (AvgIpc) is 2.66. The molecule has 1 saturated heterocycles. The Bertz CT molecular complexity index is 405. The minimum atomic E-state index is -0.692. The second kappa shape index (κ2) is 6.29. The number of carbonyl (C=O) groups is 1. The lowest BCUT2D eigenvalue weighted by Gasteiger charge is -2.25. The van der Waals surface area contributed by atoms with Gasteiger partial charge >= 0.3 is 5.97 Å². The van der Waals surface area contributed by atoms with Gasteiger partial charge in [-0.15, -0.1) is 11.3 Å². The highest BCUT2D eigenvalue weighted by atomic mass is 32.1. The highest BCUT2D eigenvalue weighted by Crippen LogP contribution is 2.20. The van der Waals surface area contributed by atoms with Gasteiger partial charge in [-0.3, -0.25) is 9.69 Å². The molecule has 5 heteroatoms. The van der Waals surface area contributed by atoms with Crippen LogP contribution in [0.4, 0.5) is 0 Å². The predicted molar refractivity (Wildman–Crippen MR) is 71.8 cm³/mol. The Hall–Kier alpha value is -0.940. The summed E-state index contributed by atoms with van der Waals surface area (Å²) in [4.78, 5) is 17.9. The Morgan fingerprint density at radius 3 is 3.06 bits per heavy atom. The topological polar surface area (TPSA) is 53.4 Å². The molecule has 1 fully saturated rings. The van der Waals surface area contributed by atoms with E-state index in [2.05, 4.69) is 22.2 Å². The van der Waals surface area contributed by atoms with E-state index < -0.39 is 5.97 Å². The Morgan fingerprint density at radius 2 is 2.39 bits per heavy atom. The zero-order chi connectivity index (χ0) is 13.0. The molecule has 0 bridgehead atoms. The number of carboxylic acid groups (broad SMARTS) is 1. The number of rotatable bonds is 4. The zero-order valence-corrected chi connectivity index (χ0v) is 11.6. The van der Waals surface area contributed by atoms with Gasteiger partial charge in [0.05, 0.1) is 10.7 Å². The summed E-state index contributed by atoms with van der Waals surface area (Å²) in [6.45, 7) is 3.64. The van der Waals surface area contributed by atoms with Gasteiger partial charge in [-0.2, -0.15) is 0 Å². The number of carboxylic acids is 1. The van der Waals surface area contributed by atoms with E-state index in [0.29, 0.717) is 6.54 Å². The third kappa shape index (κ3) is 3.29. The van der Waals surface area contributed by atoms with Crippen LogP contribution in [-0.2, 0) is 17.8 Å². The lowest BCUT2D eigenvalue weighted by atomic mass is 10.1. The predicted octanol–water partition coefficient (Wildman–Crippen LogP) is 2.53. The molecule has 4 nitrogen and oxygen atoms in total. The fourth-order valence-corrected chi connectivity index (χ4v) is 3.16. The fraction of sp³-hybridized carbons (Fsp3) is 0.692. The van der Waals surface area contributed by atoms with Gasteiger partial charge in [-0.1, -0.05) is 19.8 Å². The van der Waals surface area contributed by atoms with Crippen molar-refractivity contribution in [3.8, 4) is 0 Å². The normalized spacial score (nSPS) is 21.7. The summed E-state index contributed by atoms with van der Waals surface area (Å²) in [6, 6.07) is -0.334. The standard InChI is InChI=1S/C13H20N2O2S/c1-2-12-14-10(9-18-12)8-15-7-5-3-4-6-11(15)13(16)17/h9,11H,2-8H2,1H3,(H,16,17). The van der Waals surface area contributed by atoms with E-state index in [1.54, 1.807) is 11.3 Å². The van der Waals surface area contributed by atoms with Gasteiger partial charge in [-0.05, 0) is 25.8 Å². The van der Waals surface area contributed by atoms with Crippen LogP contribution in [0.25, 0.3) is 0 Å². The Morgan fingerprint density at radius 1 is 1.56 bits per heavy atom. The summed E-state index contributed by atoms with van der Waals surface area (Å²) in [6.07, 6.45) is 4.96. The van der Waals surface area contributed by atoms with E-state index in [0.717, 1.165) is 49.4 Å². The Balaban J connectivity index is 2.05. The molecule has 1 aliphatic rings. The molecular formula is C13H20N2O2S. The summed E-state index contributed by atoms with van der Waals surface area (Å²) < 4.78 is 0. The van der Waals surface area contributed by atoms with Gasteiger partial charge in [-0.25, -0.2) is 4.98 Å². The molecule has 0 radical (unpaired) electrons. The van der Waals surface area contributed by atoms with Crippen molar-refractivity contribution in [2.45, 2.75) is 51.6 Å². The van der Waals surface area contributed by atoms with Crippen LogP contribution in [0, 0.1) is 0 Å². The monoisotopic (exact) mass is 268 g/mol. The van der Waals surface area contributed by atoms with Crippen molar-refractivity contribution >= 4 is 17.3 Å². The second-order valence-electron chi connectivity index (χ2n) is 4.76. The van der Waals surface area contributed by atoms with Gasteiger partial charge in [0.2, 0.25) is 0 Å². The van der Waals surface area contributed by atoms with Gasteiger partial charge in [0.15, 0.2) is 0 Å². The molecule has 2 heterocycles. The first kappa shape index (κ1) is 13.5. The first-order chi connectivity index (χ1) is 8.70. The molecule has 1 N–H and O–H groups in total. The van der Waals surface area contributed by atoms with Crippen molar-refractivity contribution < 1.29 is 9.90 Å². The van der Waals surface area contributed by atoms with Crippen LogP contribution in [0.15, 0.2) is 5.38 Å². The summed E-state index contributed by atoms with van der Waals surface area (Å²) in [5.74, 6) is -0.692. The van der Waals surface area contributed by atoms with Crippen LogP contribution in [0.2, 0.25) is 0 Å². The molecule has 0 aromatic carbocycles. The second-order valence-corrected chi connectivity index (χ2v) is 5.70. The number of hydrogen-bond acceptors (Lipinski definition) is 4. The van der Waals surface area contributed by atoms with Gasteiger partial charge in [0, 0.05) is 11.9 Å².